The Bertz CT molecular complexity index is 771. The van der Waals surface area contributed by atoms with E-state index in [-0.39, 0.29) is 11.8 Å². The van der Waals surface area contributed by atoms with Gasteiger partial charge in [-0.05, 0) is 29.7 Å². The van der Waals surface area contributed by atoms with Crippen molar-refractivity contribution in [1.82, 2.24) is 5.48 Å². The van der Waals surface area contributed by atoms with Gasteiger partial charge in [0, 0.05) is 12.6 Å². The highest BCUT2D eigenvalue weighted by atomic mass is 16.5. The van der Waals surface area contributed by atoms with E-state index in [4.69, 9.17) is 5.21 Å². The number of hydroxylamine groups is 1. The molecule has 0 radical (unpaired) electrons. The number of nitrogens with one attached hydrogen (secondary N) is 1. The largest absolute Gasteiger partial charge is 0.311 e. The van der Waals surface area contributed by atoms with Crippen molar-refractivity contribution in [3.05, 3.63) is 71.8 Å². The lowest BCUT2D eigenvalue weighted by atomic mass is 9.98. The molecule has 0 spiro atoms. The SMILES string of the molecule is O=C(C=Cc1ccccc1N1CCC(c2ccccc2)C1=O)NO. The maximum Gasteiger partial charge on any atom is 0.267 e. The van der Waals surface area contributed by atoms with Crippen molar-refractivity contribution < 1.29 is 14.8 Å². The van der Waals surface area contributed by atoms with Crippen molar-refractivity contribution in [2.24, 2.45) is 0 Å². The molecule has 1 unspecified atom stereocenters. The summed E-state index contributed by atoms with van der Waals surface area (Å²) in [6.45, 7) is 0.634. The Morgan fingerprint density at radius 3 is 2.58 bits per heavy atom. The monoisotopic (exact) mass is 322 g/mol. The number of hydrogen-bond donors (Lipinski definition) is 2. The zero-order chi connectivity index (χ0) is 16.9. The number of carbonyl (C=O) groups is 2. The molecule has 122 valence electrons. The van der Waals surface area contributed by atoms with Gasteiger partial charge in [-0.2, -0.15) is 0 Å². The van der Waals surface area contributed by atoms with Crippen molar-refractivity contribution in [3.63, 3.8) is 0 Å². The minimum Gasteiger partial charge on any atom is -0.311 e. The van der Waals surface area contributed by atoms with Gasteiger partial charge in [0.15, 0.2) is 0 Å². The first-order valence-corrected chi connectivity index (χ1v) is 7.78. The van der Waals surface area contributed by atoms with Gasteiger partial charge in [0.2, 0.25) is 5.91 Å². The molecular weight excluding hydrogens is 304 g/mol. The van der Waals surface area contributed by atoms with Crippen molar-refractivity contribution >= 4 is 23.6 Å². The Kier molecular flexibility index (Phi) is 4.72. The second-order valence-electron chi connectivity index (χ2n) is 5.61. The van der Waals surface area contributed by atoms with Gasteiger partial charge in [-0.15, -0.1) is 0 Å². The molecule has 3 rings (SSSR count). The Balaban J connectivity index is 1.87. The van der Waals surface area contributed by atoms with Gasteiger partial charge in [0.05, 0.1) is 11.6 Å². The van der Waals surface area contributed by atoms with Crippen molar-refractivity contribution in [2.45, 2.75) is 12.3 Å². The third kappa shape index (κ3) is 3.21. The number of benzene rings is 2. The normalized spacial score (nSPS) is 17.5. The summed E-state index contributed by atoms with van der Waals surface area (Å²) in [6, 6.07) is 17.2. The van der Waals surface area contributed by atoms with Crippen molar-refractivity contribution in [2.75, 3.05) is 11.4 Å². The minimum absolute atomic E-state index is 0.0636. The van der Waals surface area contributed by atoms with Crippen LogP contribution in [0.2, 0.25) is 0 Å². The summed E-state index contributed by atoms with van der Waals surface area (Å²) >= 11 is 0. The average molecular weight is 322 g/mol. The molecule has 5 heteroatoms. The number of nitrogens with zero attached hydrogens (tertiary/aromatic N) is 1. The lowest BCUT2D eigenvalue weighted by Crippen LogP contribution is -2.27. The summed E-state index contributed by atoms with van der Waals surface area (Å²) in [5.74, 6) is -0.683. The molecule has 1 heterocycles. The number of anilines is 1. The Morgan fingerprint density at radius 1 is 1.12 bits per heavy atom. The minimum atomic E-state index is -0.611. The van der Waals surface area contributed by atoms with Crippen LogP contribution in [0.5, 0.6) is 0 Å². The molecule has 2 aromatic rings. The predicted molar refractivity (Wildman–Crippen MR) is 91.6 cm³/mol. The molecule has 2 amide bonds. The van der Waals surface area contributed by atoms with Crippen LogP contribution < -0.4 is 10.4 Å². The molecule has 2 N–H and O–H groups in total. The molecule has 1 aliphatic rings. The maximum absolute atomic E-state index is 12.8. The highest BCUT2D eigenvalue weighted by Gasteiger charge is 2.34. The summed E-state index contributed by atoms with van der Waals surface area (Å²) in [7, 11) is 0. The van der Waals surface area contributed by atoms with Crippen molar-refractivity contribution in [3.8, 4) is 0 Å². The first-order valence-electron chi connectivity index (χ1n) is 7.78. The number of hydrogen-bond acceptors (Lipinski definition) is 3. The molecule has 0 bridgehead atoms. The molecule has 1 aliphatic heterocycles. The Morgan fingerprint density at radius 2 is 1.83 bits per heavy atom. The average Bonchev–Trinajstić information content (AvgIpc) is 3.02. The Hall–Kier alpha value is -2.92. The van der Waals surface area contributed by atoms with Gasteiger partial charge in [0.25, 0.3) is 5.91 Å². The fraction of sp³-hybridized carbons (Fsp3) is 0.158. The van der Waals surface area contributed by atoms with E-state index < -0.39 is 5.91 Å². The van der Waals surface area contributed by atoms with Gasteiger partial charge in [0.1, 0.15) is 0 Å². The van der Waals surface area contributed by atoms with Crippen LogP contribution >= 0.6 is 0 Å². The van der Waals surface area contributed by atoms with E-state index in [1.807, 2.05) is 54.6 Å². The van der Waals surface area contributed by atoms with Crippen LogP contribution in [0, 0.1) is 0 Å². The first kappa shape index (κ1) is 16.0. The van der Waals surface area contributed by atoms with E-state index in [1.54, 1.807) is 16.5 Å². The van der Waals surface area contributed by atoms with Gasteiger partial charge in [-0.3, -0.25) is 14.8 Å². The molecule has 0 aromatic heterocycles. The van der Waals surface area contributed by atoms with E-state index in [0.717, 1.165) is 23.2 Å². The van der Waals surface area contributed by atoms with Crippen LogP contribution in [0.1, 0.15) is 23.5 Å². The fourth-order valence-electron chi connectivity index (χ4n) is 2.99. The van der Waals surface area contributed by atoms with Gasteiger partial charge < -0.3 is 4.90 Å². The molecule has 24 heavy (non-hydrogen) atoms. The smallest absolute Gasteiger partial charge is 0.267 e. The third-order valence-electron chi connectivity index (χ3n) is 4.16. The molecular formula is C19H18N2O3. The number of carbonyl (C=O) groups excluding carboxylic acids is 2. The van der Waals surface area contributed by atoms with Crippen LogP contribution in [0.4, 0.5) is 5.69 Å². The van der Waals surface area contributed by atoms with Gasteiger partial charge in [-0.1, -0.05) is 48.5 Å². The van der Waals surface area contributed by atoms with Gasteiger partial charge in [-0.25, -0.2) is 5.48 Å². The van der Waals surface area contributed by atoms with Crippen molar-refractivity contribution in [1.29, 1.82) is 0 Å². The van der Waals surface area contributed by atoms with Gasteiger partial charge >= 0.3 is 0 Å². The topological polar surface area (TPSA) is 69.6 Å². The van der Waals surface area contributed by atoms with Crippen LogP contribution in [0.3, 0.4) is 0 Å². The Labute approximate surface area is 140 Å². The standard InChI is InChI=1S/C19H18N2O3/c22-18(20-24)11-10-15-8-4-5-9-17(15)21-13-12-16(19(21)23)14-6-2-1-3-7-14/h1-11,16,24H,12-13H2,(H,20,22). The van der Waals surface area contributed by atoms with E-state index in [2.05, 4.69) is 0 Å². The van der Waals surface area contributed by atoms with Crippen LogP contribution in [-0.4, -0.2) is 23.6 Å². The van der Waals surface area contributed by atoms with Crippen LogP contribution in [0.25, 0.3) is 6.08 Å². The second kappa shape index (κ2) is 7.10. The number of para-hydroxylation sites is 1. The summed E-state index contributed by atoms with van der Waals surface area (Å²) < 4.78 is 0. The van der Waals surface area contributed by atoms with E-state index >= 15 is 0 Å². The zero-order valence-electron chi connectivity index (χ0n) is 13.1. The lowest BCUT2D eigenvalue weighted by molar-refractivity contribution is -0.124. The summed E-state index contributed by atoms with van der Waals surface area (Å²) in [4.78, 5) is 25.8. The first-order chi connectivity index (χ1) is 11.7. The zero-order valence-corrected chi connectivity index (χ0v) is 13.1. The molecule has 5 nitrogen and oxygen atoms in total. The molecule has 0 saturated carbocycles. The van der Waals surface area contributed by atoms with Crippen LogP contribution in [0.15, 0.2) is 60.7 Å². The van der Waals surface area contributed by atoms with E-state index in [9.17, 15) is 9.59 Å². The molecule has 1 saturated heterocycles. The molecule has 2 aromatic carbocycles. The quantitative estimate of drug-likeness (QED) is 0.516. The van der Waals surface area contributed by atoms with E-state index in [0.29, 0.717) is 6.54 Å². The fourth-order valence-corrected chi connectivity index (χ4v) is 2.99. The predicted octanol–water partition coefficient (Wildman–Crippen LogP) is 2.73. The lowest BCUT2D eigenvalue weighted by Gasteiger charge is -2.19. The summed E-state index contributed by atoms with van der Waals surface area (Å²) in [6.07, 6.45) is 3.58. The number of amides is 2. The van der Waals surface area contributed by atoms with E-state index in [1.165, 1.54) is 6.08 Å². The number of rotatable bonds is 4. The summed E-state index contributed by atoms with van der Waals surface area (Å²) in [5.41, 5.74) is 4.10. The van der Waals surface area contributed by atoms with Crippen LogP contribution in [-0.2, 0) is 9.59 Å². The molecule has 1 fully saturated rings. The second-order valence-corrected chi connectivity index (χ2v) is 5.61. The molecule has 0 aliphatic carbocycles. The highest BCUT2D eigenvalue weighted by Crippen LogP contribution is 2.34. The maximum atomic E-state index is 12.8. The summed E-state index contributed by atoms with van der Waals surface area (Å²) in [5, 5.41) is 8.58. The molecule has 1 atom stereocenters. The highest BCUT2D eigenvalue weighted by molar-refractivity contribution is 6.02. The third-order valence-corrected chi connectivity index (χ3v) is 4.16.